The highest BCUT2D eigenvalue weighted by Gasteiger charge is 2.27. The maximum atomic E-state index is 11.3. The van der Waals surface area contributed by atoms with Gasteiger partial charge in [-0.25, -0.2) is 0 Å². The Hall–Kier alpha value is -1.09. The Morgan fingerprint density at radius 1 is 1.44 bits per heavy atom. The Kier molecular flexibility index (Phi) is 5.86. The molecule has 1 aliphatic rings. The van der Waals surface area contributed by atoms with Crippen LogP contribution in [0.1, 0.15) is 6.42 Å². The van der Waals surface area contributed by atoms with Crippen LogP contribution in [-0.2, 0) is 14.3 Å². The van der Waals surface area contributed by atoms with Crippen LogP contribution in [0.5, 0.6) is 0 Å². The van der Waals surface area contributed by atoms with Gasteiger partial charge in [-0.15, -0.1) is 6.42 Å². The van der Waals surface area contributed by atoms with Crippen LogP contribution in [0.3, 0.4) is 0 Å². The van der Waals surface area contributed by atoms with E-state index in [9.17, 15) is 9.90 Å². The number of rotatable bonds is 7. The van der Waals surface area contributed by atoms with Crippen LogP contribution in [0.15, 0.2) is 0 Å². The van der Waals surface area contributed by atoms with Crippen molar-refractivity contribution in [1.82, 2.24) is 4.90 Å². The van der Waals surface area contributed by atoms with Crippen molar-refractivity contribution in [3.63, 3.8) is 0 Å². The molecule has 5 heteroatoms. The third-order valence-electron chi connectivity index (χ3n) is 2.26. The van der Waals surface area contributed by atoms with E-state index >= 15 is 0 Å². The quantitative estimate of drug-likeness (QED) is 0.459. The summed E-state index contributed by atoms with van der Waals surface area (Å²) in [5, 5.41) is 9.23. The number of ether oxygens (including phenoxy) is 2. The van der Waals surface area contributed by atoms with Crippen molar-refractivity contribution in [2.45, 2.75) is 12.5 Å². The second-order valence-corrected chi connectivity index (χ2v) is 3.57. The van der Waals surface area contributed by atoms with E-state index in [0.717, 1.165) is 0 Å². The SMILES string of the molecule is C#CCOCCOCCN1CC(O)CC1=O. The number of hydrogen-bond donors (Lipinski definition) is 1. The smallest absolute Gasteiger partial charge is 0.225 e. The van der Waals surface area contributed by atoms with Crippen LogP contribution in [0, 0.1) is 12.3 Å². The maximum Gasteiger partial charge on any atom is 0.225 e. The third-order valence-corrected chi connectivity index (χ3v) is 2.26. The van der Waals surface area contributed by atoms with Gasteiger partial charge in [0.05, 0.1) is 32.3 Å². The van der Waals surface area contributed by atoms with Gasteiger partial charge in [-0.3, -0.25) is 4.79 Å². The van der Waals surface area contributed by atoms with Gasteiger partial charge in [0.15, 0.2) is 0 Å². The summed E-state index contributed by atoms with van der Waals surface area (Å²) in [4.78, 5) is 12.9. The highest BCUT2D eigenvalue weighted by Crippen LogP contribution is 2.09. The number of β-amino-alcohol motifs (C(OH)–C–C–N with tert-alkyl or cyclic N) is 1. The first-order chi connectivity index (χ1) is 7.74. The Morgan fingerprint density at radius 2 is 2.19 bits per heavy atom. The summed E-state index contributed by atoms with van der Waals surface area (Å²) in [7, 11) is 0. The van der Waals surface area contributed by atoms with Gasteiger partial charge >= 0.3 is 0 Å². The number of nitrogens with zero attached hydrogens (tertiary/aromatic N) is 1. The molecule has 0 saturated carbocycles. The molecular formula is C11H17NO4. The molecule has 0 bridgehead atoms. The lowest BCUT2D eigenvalue weighted by Gasteiger charge is -2.15. The zero-order valence-corrected chi connectivity index (χ0v) is 9.22. The van der Waals surface area contributed by atoms with Gasteiger partial charge in [-0.05, 0) is 0 Å². The normalized spacial score (nSPS) is 20.1. The fourth-order valence-electron chi connectivity index (χ4n) is 1.49. The largest absolute Gasteiger partial charge is 0.391 e. The van der Waals surface area contributed by atoms with E-state index in [2.05, 4.69) is 5.92 Å². The topological polar surface area (TPSA) is 59.0 Å². The lowest BCUT2D eigenvalue weighted by molar-refractivity contribution is -0.128. The van der Waals surface area contributed by atoms with Crippen LogP contribution < -0.4 is 0 Å². The number of carbonyl (C=O) groups is 1. The molecule has 0 aliphatic carbocycles. The highest BCUT2D eigenvalue weighted by molar-refractivity contribution is 5.78. The van der Waals surface area contributed by atoms with Gasteiger partial charge in [0.25, 0.3) is 0 Å². The molecule has 1 unspecified atom stereocenters. The van der Waals surface area contributed by atoms with E-state index in [4.69, 9.17) is 15.9 Å². The lowest BCUT2D eigenvalue weighted by Crippen LogP contribution is -2.29. The average molecular weight is 227 g/mol. The number of aliphatic hydroxyl groups excluding tert-OH is 1. The molecule has 0 radical (unpaired) electrons. The first-order valence-electron chi connectivity index (χ1n) is 5.29. The zero-order valence-electron chi connectivity index (χ0n) is 9.22. The minimum atomic E-state index is -0.522. The zero-order chi connectivity index (χ0) is 11.8. The molecule has 1 saturated heterocycles. The molecule has 1 amide bonds. The number of terminal acetylenes is 1. The molecular weight excluding hydrogens is 210 g/mol. The van der Waals surface area contributed by atoms with E-state index in [1.165, 1.54) is 0 Å². The van der Waals surface area contributed by atoms with Crippen molar-refractivity contribution in [2.75, 3.05) is 39.5 Å². The summed E-state index contributed by atoms with van der Waals surface area (Å²) >= 11 is 0. The van der Waals surface area contributed by atoms with Crippen molar-refractivity contribution < 1.29 is 19.4 Å². The molecule has 0 spiro atoms. The van der Waals surface area contributed by atoms with Crippen molar-refractivity contribution in [3.8, 4) is 12.3 Å². The molecule has 1 N–H and O–H groups in total. The molecule has 0 aromatic rings. The summed E-state index contributed by atoms with van der Waals surface area (Å²) in [6.07, 6.45) is 4.70. The van der Waals surface area contributed by atoms with Crippen molar-refractivity contribution in [1.29, 1.82) is 0 Å². The summed E-state index contributed by atoms with van der Waals surface area (Å²) in [6.45, 7) is 2.60. The van der Waals surface area contributed by atoms with Crippen LogP contribution in [-0.4, -0.2) is 61.5 Å². The second kappa shape index (κ2) is 7.23. The van der Waals surface area contributed by atoms with Gasteiger partial charge in [0.2, 0.25) is 5.91 Å². The van der Waals surface area contributed by atoms with Gasteiger partial charge in [-0.2, -0.15) is 0 Å². The van der Waals surface area contributed by atoms with Crippen molar-refractivity contribution in [2.24, 2.45) is 0 Å². The minimum absolute atomic E-state index is 0.0142. The number of likely N-dealkylation sites (tertiary alicyclic amines) is 1. The average Bonchev–Trinajstić information content (AvgIpc) is 2.56. The molecule has 16 heavy (non-hydrogen) atoms. The molecule has 1 heterocycles. The molecule has 1 atom stereocenters. The van der Waals surface area contributed by atoms with E-state index < -0.39 is 6.10 Å². The highest BCUT2D eigenvalue weighted by atomic mass is 16.5. The molecule has 90 valence electrons. The third kappa shape index (κ3) is 4.62. The van der Waals surface area contributed by atoms with Crippen LogP contribution in [0.25, 0.3) is 0 Å². The number of aliphatic hydroxyl groups is 1. The van der Waals surface area contributed by atoms with Crippen molar-refractivity contribution in [3.05, 3.63) is 0 Å². The first-order valence-corrected chi connectivity index (χ1v) is 5.29. The van der Waals surface area contributed by atoms with E-state index in [0.29, 0.717) is 39.5 Å². The predicted octanol–water partition coefficient (Wildman–Crippen LogP) is -0.754. The fraction of sp³-hybridized carbons (Fsp3) is 0.727. The standard InChI is InChI=1S/C11H17NO4/c1-2-4-15-6-7-16-5-3-12-9-10(13)8-11(12)14/h1,10,13H,3-9H2. The molecule has 0 aromatic carbocycles. The monoisotopic (exact) mass is 227 g/mol. The number of amides is 1. The van der Waals surface area contributed by atoms with Gasteiger partial charge < -0.3 is 19.5 Å². The number of carbonyl (C=O) groups excluding carboxylic acids is 1. The first kappa shape index (κ1) is 13.0. The summed E-state index contributed by atoms with van der Waals surface area (Å²) in [5.41, 5.74) is 0. The molecule has 0 aromatic heterocycles. The summed E-state index contributed by atoms with van der Waals surface area (Å²) in [5.74, 6) is 2.34. The second-order valence-electron chi connectivity index (χ2n) is 3.57. The lowest BCUT2D eigenvalue weighted by atomic mass is 10.3. The minimum Gasteiger partial charge on any atom is -0.391 e. The van der Waals surface area contributed by atoms with Gasteiger partial charge in [0, 0.05) is 13.1 Å². The Labute approximate surface area is 95.3 Å². The van der Waals surface area contributed by atoms with Gasteiger partial charge in [-0.1, -0.05) is 5.92 Å². The Balaban J connectivity index is 1.95. The predicted molar refractivity (Wildman–Crippen MR) is 57.7 cm³/mol. The summed E-state index contributed by atoms with van der Waals surface area (Å²) in [6, 6.07) is 0. The van der Waals surface area contributed by atoms with E-state index in [1.807, 2.05) is 0 Å². The Bertz CT molecular complexity index is 261. The number of hydrogen-bond acceptors (Lipinski definition) is 4. The summed E-state index contributed by atoms with van der Waals surface area (Å²) < 4.78 is 10.3. The van der Waals surface area contributed by atoms with Crippen LogP contribution in [0.2, 0.25) is 0 Å². The molecule has 5 nitrogen and oxygen atoms in total. The van der Waals surface area contributed by atoms with Crippen molar-refractivity contribution >= 4 is 5.91 Å². The fourth-order valence-corrected chi connectivity index (χ4v) is 1.49. The molecule has 1 aliphatic heterocycles. The maximum absolute atomic E-state index is 11.3. The molecule has 1 fully saturated rings. The van der Waals surface area contributed by atoms with E-state index in [-0.39, 0.29) is 12.3 Å². The van der Waals surface area contributed by atoms with Crippen LogP contribution in [0.4, 0.5) is 0 Å². The Morgan fingerprint density at radius 3 is 2.81 bits per heavy atom. The van der Waals surface area contributed by atoms with Gasteiger partial charge in [0.1, 0.15) is 6.61 Å². The van der Waals surface area contributed by atoms with Crippen LogP contribution >= 0.6 is 0 Å². The molecule has 1 rings (SSSR count). The van der Waals surface area contributed by atoms with E-state index in [1.54, 1.807) is 4.90 Å².